The lowest BCUT2D eigenvalue weighted by molar-refractivity contribution is 0.491. The van der Waals surface area contributed by atoms with Crippen molar-refractivity contribution in [1.82, 2.24) is 4.98 Å². The number of hydrogen-bond donors (Lipinski definition) is 1. The largest absolute Gasteiger partial charge is 0.456 e. The maximum atomic E-state index is 7.63. The van der Waals surface area contributed by atoms with Gasteiger partial charge in [0.1, 0.15) is 11.5 Å². The maximum Gasteiger partial charge on any atom is 0.207 e. The smallest absolute Gasteiger partial charge is 0.207 e. The van der Waals surface area contributed by atoms with Gasteiger partial charge in [-0.15, -0.1) is 0 Å². The van der Waals surface area contributed by atoms with Gasteiger partial charge in [-0.1, -0.05) is 224 Å². The number of benzene rings is 8. The molecule has 0 aliphatic carbocycles. The summed E-state index contributed by atoms with van der Waals surface area (Å²) in [6, 6.07) is 85.6. The molecule has 1 N–H and O–H groups in total. The highest BCUT2D eigenvalue weighted by Crippen LogP contribution is 2.48. The molecule has 57 heavy (non-hydrogen) atoms. The molecule has 0 spiro atoms. The number of H-pyrrole nitrogens is 1. The van der Waals surface area contributed by atoms with Gasteiger partial charge in [-0.25, -0.2) is 0 Å². The summed E-state index contributed by atoms with van der Waals surface area (Å²) in [7, 11) is -6.26. The molecule has 270 valence electrons. The van der Waals surface area contributed by atoms with Crippen LogP contribution in [-0.4, -0.2) is 21.1 Å². The predicted molar refractivity (Wildman–Crippen MR) is 240 cm³/mol. The van der Waals surface area contributed by atoms with Crippen LogP contribution in [0.4, 0.5) is 0 Å². The van der Waals surface area contributed by atoms with E-state index in [9.17, 15) is 0 Å². The minimum atomic E-state index is -3.18. The first-order valence-corrected chi connectivity index (χ1v) is 23.8. The molecule has 8 aromatic carbocycles. The second-order valence-corrected chi connectivity index (χ2v) is 22.6. The molecule has 3 heterocycles. The van der Waals surface area contributed by atoms with Crippen LogP contribution in [-0.2, 0) is 5.41 Å². The van der Waals surface area contributed by atoms with Crippen molar-refractivity contribution in [3.8, 4) is 11.5 Å². The Morgan fingerprint density at radius 1 is 0.368 bits per heavy atom. The Morgan fingerprint density at radius 3 is 1.25 bits per heavy atom. The highest BCUT2D eigenvalue weighted by atomic mass is 28.3. The van der Waals surface area contributed by atoms with Gasteiger partial charge in [0.25, 0.3) is 0 Å². The number of aromatic nitrogens is 1. The third kappa shape index (κ3) is 4.57. The van der Waals surface area contributed by atoms with Gasteiger partial charge < -0.3 is 9.72 Å². The molecule has 0 fully saturated rings. The monoisotopic (exact) mass is 761 g/mol. The number of fused-ring (bicyclic) bond motifs is 5. The average molecular weight is 762 g/mol. The summed E-state index contributed by atoms with van der Waals surface area (Å²) >= 11 is 0. The molecule has 11 rings (SSSR count). The zero-order valence-electron chi connectivity index (χ0n) is 31.3. The molecule has 4 heteroatoms. The minimum absolute atomic E-state index is 0.699. The summed E-state index contributed by atoms with van der Waals surface area (Å²) in [5, 5.41) is 10.4. The van der Waals surface area contributed by atoms with E-state index in [2.05, 4.69) is 236 Å². The molecule has 2 aliphatic rings. The van der Waals surface area contributed by atoms with Crippen LogP contribution >= 0.6 is 0 Å². The van der Waals surface area contributed by atoms with E-state index in [0.29, 0.717) is 0 Å². The van der Waals surface area contributed by atoms with E-state index >= 15 is 0 Å². The summed E-state index contributed by atoms with van der Waals surface area (Å²) < 4.78 is 7.63. The molecule has 2 nitrogen and oxygen atoms in total. The molecule has 2 aliphatic heterocycles. The van der Waals surface area contributed by atoms with Crippen molar-refractivity contribution >= 4 is 57.8 Å². The fourth-order valence-corrected chi connectivity index (χ4v) is 20.8. The summed E-state index contributed by atoms with van der Waals surface area (Å²) in [6.07, 6.45) is 0. The number of aromatic amines is 1. The fraction of sp³-hybridized carbons (Fsp3) is 0.0189. The molecular weight excluding hydrogens is 723 g/mol. The third-order valence-corrected chi connectivity index (χ3v) is 22.1. The molecule has 1 aromatic heterocycles. The van der Waals surface area contributed by atoms with Gasteiger partial charge in [-0.2, -0.15) is 0 Å². The van der Waals surface area contributed by atoms with E-state index in [4.69, 9.17) is 4.74 Å². The molecule has 0 unspecified atom stereocenters. The van der Waals surface area contributed by atoms with E-state index in [1.807, 2.05) is 0 Å². The van der Waals surface area contributed by atoms with Gasteiger partial charge >= 0.3 is 0 Å². The Bertz CT molecular complexity index is 2740. The number of para-hydroxylation sites is 1. The van der Waals surface area contributed by atoms with E-state index in [0.717, 1.165) is 11.5 Å². The van der Waals surface area contributed by atoms with E-state index < -0.39 is 21.6 Å². The number of hydrogen-bond acceptors (Lipinski definition) is 1. The molecule has 0 bridgehead atoms. The molecule has 9 aromatic rings. The quantitative estimate of drug-likeness (QED) is 0.191. The van der Waals surface area contributed by atoms with Crippen LogP contribution in [0.15, 0.2) is 231 Å². The lowest BCUT2D eigenvalue weighted by atomic mass is 9.67. The van der Waals surface area contributed by atoms with Crippen LogP contribution in [0.25, 0.3) is 0 Å². The third-order valence-electron chi connectivity index (χ3n) is 12.6. The molecular formula is C53H39NOSi2. The molecule has 0 radical (unpaired) electrons. The van der Waals surface area contributed by atoms with Crippen molar-refractivity contribution in [2.75, 3.05) is 0 Å². The summed E-state index contributed by atoms with van der Waals surface area (Å²) in [5.74, 6) is 1.91. The second-order valence-electron chi connectivity index (χ2n) is 15.2. The number of nitrogens with one attached hydrogen (secondary N) is 1. The van der Waals surface area contributed by atoms with Crippen molar-refractivity contribution in [2.45, 2.75) is 5.41 Å². The van der Waals surface area contributed by atoms with Gasteiger partial charge in [0.2, 0.25) is 8.07 Å². The Balaban J connectivity index is 1.43. The normalized spacial score (nSPS) is 15.2. The van der Waals surface area contributed by atoms with Crippen LogP contribution in [0.5, 0.6) is 11.5 Å². The highest BCUT2D eigenvalue weighted by Gasteiger charge is 2.61. The highest BCUT2D eigenvalue weighted by molar-refractivity contribution is 7.23. The lowest BCUT2D eigenvalue weighted by Crippen LogP contribution is -2.80. The molecule has 0 saturated carbocycles. The fourth-order valence-electron chi connectivity index (χ4n) is 10.4. The minimum Gasteiger partial charge on any atom is -0.456 e. The summed E-state index contributed by atoms with van der Waals surface area (Å²) in [4.78, 5) is 4.48. The Kier molecular flexibility index (Phi) is 7.78. The Morgan fingerprint density at radius 2 is 0.754 bits per heavy atom. The van der Waals surface area contributed by atoms with Crippen molar-refractivity contribution < 1.29 is 4.74 Å². The van der Waals surface area contributed by atoms with E-state index in [1.54, 1.807) is 0 Å². The maximum absolute atomic E-state index is 7.63. The van der Waals surface area contributed by atoms with E-state index in [1.165, 1.54) is 64.0 Å². The van der Waals surface area contributed by atoms with E-state index in [-0.39, 0.29) is 0 Å². The molecule has 0 atom stereocenters. The first kappa shape index (κ1) is 33.6. The predicted octanol–water partition coefficient (Wildman–Crippen LogP) is 6.57. The Hall–Kier alpha value is -6.73. The number of rotatable bonds is 6. The Labute approximate surface area is 335 Å². The standard InChI is InChI=1S/C53H39NOSi2/c1-7-23-39(24-8-1)53(40-25-9-2-10-26-40)45-35-19-21-37-47(45)56(41-27-11-3-12-28-41,42-29-13-4-14-30-42)50-49-52(54-51(50)53)57(43-31-15-5-16-32-43,44-33-17-6-18-34-44)48-38-22-20-36-46(48)55-49/h1-38,54H. The zero-order chi connectivity index (χ0) is 37.9. The number of ether oxygens (including phenoxy) is 1. The first-order chi connectivity index (χ1) is 28.3. The van der Waals surface area contributed by atoms with Crippen LogP contribution in [0.1, 0.15) is 22.4 Å². The van der Waals surface area contributed by atoms with Crippen LogP contribution in [0.2, 0.25) is 0 Å². The van der Waals surface area contributed by atoms with Crippen molar-refractivity contribution in [3.63, 3.8) is 0 Å². The topological polar surface area (TPSA) is 25.0 Å². The zero-order valence-corrected chi connectivity index (χ0v) is 33.3. The van der Waals surface area contributed by atoms with Gasteiger partial charge in [0.15, 0.2) is 8.07 Å². The SMILES string of the molecule is c1ccc(C2(c3ccccc3)c3ccccc3[Si](c3ccccc3)(c3ccccc3)c3c2[nH]c2c3Oc3ccccc3[Si]2(c2ccccc2)c2ccccc2)cc1. The van der Waals surface area contributed by atoms with Crippen LogP contribution in [0.3, 0.4) is 0 Å². The van der Waals surface area contributed by atoms with Crippen molar-refractivity contribution in [1.29, 1.82) is 0 Å². The van der Waals surface area contributed by atoms with Gasteiger partial charge in [-0.05, 0) is 53.9 Å². The molecule has 0 saturated heterocycles. The van der Waals surface area contributed by atoms with Crippen LogP contribution in [0, 0.1) is 0 Å². The van der Waals surface area contributed by atoms with Crippen molar-refractivity contribution in [3.05, 3.63) is 253 Å². The summed E-state index contributed by atoms with van der Waals surface area (Å²) in [6.45, 7) is 0. The lowest BCUT2D eigenvalue weighted by Gasteiger charge is -2.48. The van der Waals surface area contributed by atoms with Gasteiger partial charge in [0.05, 0.1) is 10.7 Å². The van der Waals surface area contributed by atoms with Crippen LogP contribution < -0.4 is 46.4 Å². The molecule has 0 amide bonds. The second kappa shape index (κ2) is 13.2. The first-order valence-electron chi connectivity index (χ1n) is 19.8. The average Bonchev–Trinajstić information content (AvgIpc) is 3.69. The van der Waals surface area contributed by atoms with Gasteiger partial charge in [-0.3, -0.25) is 0 Å². The summed E-state index contributed by atoms with van der Waals surface area (Å²) in [5.41, 5.74) is 4.24. The van der Waals surface area contributed by atoms with Crippen molar-refractivity contribution in [2.24, 2.45) is 0 Å². The van der Waals surface area contributed by atoms with Gasteiger partial charge in [0, 0.05) is 10.9 Å².